The molecule has 2 aliphatic heterocycles. The molecule has 4 rings (SSSR count). The highest BCUT2D eigenvalue weighted by atomic mass is 32.2. The Labute approximate surface area is 153 Å². The van der Waals surface area contributed by atoms with E-state index >= 15 is 0 Å². The Morgan fingerprint density at radius 2 is 1.73 bits per heavy atom. The van der Waals surface area contributed by atoms with E-state index in [9.17, 15) is 9.59 Å². The summed E-state index contributed by atoms with van der Waals surface area (Å²) in [5, 5.41) is 1.84. The molecule has 0 aliphatic carbocycles. The molecule has 0 spiro atoms. The van der Waals surface area contributed by atoms with Crippen LogP contribution in [-0.2, 0) is 4.79 Å². The van der Waals surface area contributed by atoms with Gasteiger partial charge >= 0.3 is 0 Å². The quantitative estimate of drug-likeness (QED) is 0.791. The van der Waals surface area contributed by atoms with Crippen LogP contribution in [0.1, 0.15) is 5.82 Å². The summed E-state index contributed by atoms with van der Waals surface area (Å²) in [7, 11) is 0. The van der Waals surface area contributed by atoms with Gasteiger partial charge in [-0.2, -0.15) is 0 Å². The van der Waals surface area contributed by atoms with Crippen molar-refractivity contribution in [2.45, 2.75) is 0 Å². The molecule has 0 saturated carbocycles. The van der Waals surface area contributed by atoms with Crippen LogP contribution in [0.15, 0.2) is 35.6 Å². The average molecular weight is 369 g/mol. The molecule has 2 amide bonds. The lowest BCUT2D eigenvalue weighted by Crippen LogP contribution is -2.47. The first kappa shape index (κ1) is 16.5. The Morgan fingerprint density at radius 1 is 1.00 bits per heavy atom. The van der Waals surface area contributed by atoms with E-state index in [1.54, 1.807) is 24.7 Å². The minimum absolute atomic E-state index is 0.304. The van der Waals surface area contributed by atoms with Crippen LogP contribution in [0.5, 0.6) is 0 Å². The Bertz CT molecular complexity index is 866. The van der Waals surface area contributed by atoms with Gasteiger partial charge in [-0.3, -0.25) is 14.9 Å². The smallest absolute Gasteiger partial charge is 0.290 e. The van der Waals surface area contributed by atoms with Crippen molar-refractivity contribution in [3.63, 3.8) is 0 Å². The first-order chi connectivity index (χ1) is 12.7. The summed E-state index contributed by atoms with van der Waals surface area (Å²) in [4.78, 5) is 44.7. The van der Waals surface area contributed by atoms with E-state index in [1.807, 2.05) is 6.07 Å². The molecular formula is C16H15N7O2S. The first-order valence-corrected chi connectivity index (χ1v) is 8.85. The lowest BCUT2D eigenvalue weighted by molar-refractivity contribution is -0.115. The van der Waals surface area contributed by atoms with Gasteiger partial charge in [0.15, 0.2) is 5.82 Å². The second kappa shape index (κ2) is 7.08. The van der Waals surface area contributed by atoms with Crippen LogP contribution in [-0.4, -0.2) is 57.3 Å². The molecule has 132 valence electrons. The molecule has 1 N–H and O–H groups in total. The van der Waals surface area contributed by atoms with Crippen molar-refractivity contribution in [2.24, 2.45) is 0 Å². The highest BCUT2D eigenvalue weighted by Crippen LogP contribution is 2.25. The maximum Gasteiger partial charge on any atom is 0.290 e. The Morgan fingerprint density at radius 3 is 2.42 bits per heavy atom. The Kier molecular flexibility index (Phi) is 4.48. The van der Waals surface area contributed by atoms with Gasteiger partial charge in [0, 0.05) is 50.8 Å². The van der Waals surface area contributed by atoms with Gasteiger partial charge in [0.2, 0.25) is 5.95 Å². The third-order valence-electron chi connectivity index (χ3n) is 4.00. The van der Waals surface area contributed by atoms with Crippen LogP contribution in [0, 0.1) is 0 Å². The standard InChI is InChI=1S/C16H15N7O2S/c24-14-11(26-16(25)21-14)10-12-17-5-2-13(20-12)22-6-8-23(9-7-22)15-18-3-1-4-19-15/h1-5,10H,6-9H2,(H,21,24,25). The number of amides is 2. The van der Waals surface area contributed by atoms with Crippen molar-refractivity contribution in [1.29, 1.82) is 0 Å². The molecule has 9 nitrogen and oxygen atoms in total. The number of thioether (sulfide) groups is 1. The summed E-state index contributed by atoms with van der Waals surface area (Å²) in [6.07, 6.45) is 6.66. The largest absolute Gasteiger partial charge is 0.353 e. The molecule has 0 aromatic carbocycles. The van der Waals surface area contributed by atoms with E-state index in [0.717, 1.165) is 49.7 Å². The highest BCUT2D eigenvalue weighted by Gasteiger charge is 2.25. The normalized spacial score (nSPS) is 19.2. The van der Waals surface area contributed by atoms with Gasteiger partial charge in [0.25, 0.3) is 11.1 Å². The second-order valence-corrected chi connectivity index (χ2v) is 6.66. The van der Waals surface area contributed by atoms with Crippen LogP contribution >= 0.6 is 11.8 Å². The summed E-state index contributed by atoms with van der Waals surface area (Å²) < 4.78 is 0. The SMILES string of the molecule is O=C1NC(=O)C(=Cc2nccc(N3CCN(c4ncccn4)CC3)n2)S1. The number of rotatable bonds is 3. The van der Waals surface area contributed by atoms with Gasteiger partial charge in [-0.25, -0.2) is 19.9 Å². The van der Waals surface area contributed by atoms with Crippen molar-refractivity contribution in [2.75, 3.05) is 36.0 Å². The average Bonchev–Trinajstić information content (AvgIpc) is 3.00. The lowest BCUT2D eigenvalue weighted by Gasteiger charge is -2.35. The van der Waals surface area contributed by atoms with Crippen LogP contribution in [0.4, 0.5) is 16.6 Å². The van der Waals surface area contributed by atoms with Crippen molar-refractivity contribution in [3.05, 3.63) is 41.5 Å². The maximum atomic E-state index is 11.6. The molecule has 2 aromatic rings. The summed E-state index contributed by atoms with van der Waals surface area (Å²) in [6, 6.07) is 3.64. The third-order valence-corrected chi connectivity index (χ3v) is 4.81. The summed E-state index contributed by atoms with van der Waals surface area (Å²) in [5.41, 5.74) is 0. The molecule has 0 bridgehead atoms. The number of aromatic nitrogens is 4. The molecule has 2 saturated heterocycles. The number of hydrogen-bond acceptors (Lipinski definition) is 9. The fourth-order valence-corrected chi connectivity index (χ4v) is 3.39. The molecule has 10 heteroatoms. The maximum absolute atomic E-state index is 11.6. The molecule has 2 aromatic heterocycles. The summed E-state index contributed by atoms with van der Waals surface area (Å²) in [5.74, 6) is 1.51. The van der Waals surface area contributed by atoms with Crippen LogP contribution in [0.2, 0.25) is 0 Å². The molecule has 2 fully saturated rings. The number of nitrogens with one attached hydrogen (secondary N) is 1. The third kappa shape index (κ3) is 3.49. The number of piperazine rings is 1. The van der Waals surface area contributed by atoms with Gasteiger partial charge in [-0.15, -0.1) is 0 Å². The van der Waals surface area contributed by atoms with Crippen LogP contribution in [0.3, 0.4) is 0 Å². The van der Waals surface area contributed by atoms with E-state index in [-0.39, 0.29) is 5.24 Å². The van der Waals surface area contributed by atoms with Crippen molar-refractivity contribution < 1.29 is 9.59 Å². The molecule has 4 heterocycles. The molecule has 2 aliphatic rings. The summed E-state index contributed by atoms with van der Waals surface area (Å²) in [6.45, 7) is 3.13. The van der Waals surface area contributed by atoms with Crippen LogP contribution < -0.4 is 15.1 Å². The predicted octanol–water partition coefficient (Wildman–Crippen LogP) is 0.917. The molecule has 0 radical (unpaired) electrons. The summed E-state index contributed by atoms with van der Waals surface area (Å²) >= 11 is 0.855. The van der Waals surface area contributed by atoms with Crippen molar-refractivity contribution >= 4 is 40.8 Å². The Hall–Kier alpha value is -3.01. The zero-order valence-corrected chi connectivity index (χ0v) is 14.5. The highest BCUT2D eigenvalue weighted by molar-refractivity contribution is 8.18. The zero-order chi connectivity index (χ0) is 17.9. The van der Waals surface area contributed by atoms with E-state index in [0.29, 0.717) is 10.7 Å². The number of anilines is 2. The second-order valence-electron chi connectivity index (χ2n) is 5.65. The monoisotopic (exact) mass is 369 g/mol. The number of nitrogens with zero attached hydrogens (tertiary/aromatic N) is 6. The first-order valence-electron chi connectivity index (χ1n) is 8.04. The molecule has 0 atom stereocenters. The fourth-order valence-electron chi connectivity index (χ4n) is 2.74. The zero-order valence-electron chi connectivity index (χ0n) is 13.7. The number of carbonyl (C=O) groups excluding carboxylic acids is 2. The van der Waals surface area contributed by atoms with Gasteiger partial charge < -0.3 is 9.80 Å². The van der Waals surface area contributed by atoms with E-state index < -0.39 is 5.91 Å². The van der Waals surface area contributed by atoms with Gasteiger partial charge in [-0.05, 0) is 23.9 Å². The number of carbonyl (C=O) groups is 2. The van der Waals surface area contributed by atoms with Crippen molar-refractivity contribution in [1.82, 2.24) is 25.3 Å². The molecule has 26 heavy (non-hydrogen) atoms. The van der Waals surface area contributed by atoms with Gasteiger partial charge in [0.05, 0.1) is 4.91 Å². The molecular weight excluding hydrogens is 354 g/mol. The van der Waals surface area contributed by atoms with E-state index in [4.69, 9.17) is 0 Å². The molecule has 0 unspecified atom stereocenters. The van der Waals surface area contributed by atoms with E-state index in [2.05, 4.69) is 35.1 Å². The lowest BCUT2D eigenvalue weighted by atomic mass is 10.3. The van der Waals surface area contributed by atoms with E-state index in [1.165, 1.54) is 6.08 Å². The predicted molar refractivity (Wildman–Crippen MR) is 97.6 cm³/mol. The number of hydrogen-bond donors (Lipinski definition) is 1. The minimum atomic E-state index is -0.412. The van der Waals surface area contributed by atoms with Gasteiger partial charge in [0.1, 0.15) is 5.82 Å². The van der Waals surface area contributed by atoms with Crippen molar-refractivity contribution in [3.8, 4) is 0 Å². The topological polar surface area (TPSA) is 104 Å². The van der Waals surface area contributed by atoms with Gasteiger partial charge in [-0.1, -0.05) is 0 Å². The fraction of sp³-hybridized carbons (Fsp3) is 0.250. The van der Waals surface area contributed by atoms with Crippen LogP contribution in [0.25, 0.3) is 6.08 Å². The number of imide groups is 1. The minimum Gasteiger partial charge on any atom is -0.353 e. The Balaban J connectivity index is 1.45.